The van der Waals surface area contributed by atoms with Gasteiger partial charge in [0.15, 0.2) is 0 Å². The van der Waals surface area contributed by atoms with E-state index in [0.29, 0.717) is 18.8 Å². The maximum absolute atomic E-state index is 12.7. The minimum Gasteiger partial charge on any atom is -0.374 e. The van der Waals surface area contributed by atoms with E-state index in [0.717, 1.165) is 43.4 Å². The predicted molar refractivity (Wildman–Crippen MR) is 110 cm³/mol. The molecule has 5 aliphatic carbocycles. The molecule has 5 fully saturated rings. The molecule has 152 valence electrons. The molecule has 4 nitrogen and oxygen atoms in total. The quantitative estimate of drug-likeness (QED) is 0.770. The van der Waals surface area contributed by atoms with Crippen LogP contribution in [0.15, 0.2) is 30.3 Å². The summed E-state index contributed by atoms with van der Waals surface area (Å²) < 4.78 is 6.08. The molecule has 0 aromatic heterocycles. The molecule has 28 heavy (non-hydrogen) atoms. The first-order valence-corrected chi connectivity index (χ1v) is 11.4. The second-order valence-corrected chi connectivity index (χ2v) is 10.1. The molecule has 1 aromatic carbocycles. The van der Waals surface area contributed by atoms with Gasteiger partial charge >= 0.3 is 6.03 Å². The molecular formula is C24H34N2O2. The monoisotopic (exact) mass is 382 g/mol. The fraction of sp³-hybridized carbons (Fsp3) is 0.708. The number of hydrogen-bond acceptors (Lipinski definition) is 2. The standard InChI is InChI=1S/C24H34N2O2/c27-23(26-24-13-18-10-19(14-24)12-20(11-18)15-24)25-21-6-8-22(9-7-21)28-16-17-4-2-1-3-5-17/h1-5,18-22H,6-16H2,(H2,25,26,27)/t18?,19?,20?,21-,22+,24?. The van der Waals surface area contributed by atoms with Crippen LogP contribution in [0.2, 0.25) is 0 Å². The molecule has 0 atom stereocenters. The van der Waals surface area contributed by atoms with E-state index in [1.54, 1.807) is 0 Å². The summed E-state index contributed by atoms with van der Waals surface area (Å²) in [6.07, 6.45) is 12.3. The Morgan fingerprint density at radius 1 is 0.929 bits per heavy atom. The van der Waals surface area contributed by atoms with Crippen LogP contribution in [-0.4, -0.2) is 23.7 Å². The summed E-state index contributed by atoms with van der Waals surface area (Å²) in [7, 11) is 0. The average Bonchev–Trinajstić information content (AvgIpc) is 2.67. The van der Waals surface area contributed by atoms with Crippen molar-refractivity contribution in [2.45, 2.75) is 88.5 Å². The first-order valence-electron chi connectivity index (χ1n) is 11.4. The molecule has 5 aliphatic rings. The lowest BCUT2D eigenvalue weighted by molar-refractivity contribution is -0.0142. The Morgan fingerprint density at radius 2 is 1.54 bits per heavy atom. The fourth-order valence-corrected chi connectivity index (χ4v) is 6.89. The van der Waals surface area contributed by atoms with Crippen molar-refractivity contribution < 1.29 is 9.53 Å². The van der Waals surface area contributed by atoms with Crippen LogP contribution in [0.1, 0.15) is 69.8 Å². The SMILES string of the molecule is O=C(NC12CC3CC(CC(C3)C1)C2)N[C@H]1CC[C@@H](OCc2ccccc2)CC1. The van der Waals surface area contributed by atoms with E-state index < -0.39 is 0 Å². The van der Waals surface area contributed by atoms with Crippen molar-refractivity contribution >= 4 is 6.03 Å². The number of nitrogens with one attached hydrogen (secondary N) is 2. The Labute approximate surface area is 168 Å². The molecule has 4 heteroatoms. The second-order valence-electron chi connectivity index (χ2n) is 10.1. The normalized spacial score (nSPS) is 38.9. The lowest BCUT2D eigenvalue weighted by atomic mass is 9.53. The average molecular weight is 383 g/mol. The first-order chi connectivity index (χ1) is 13.7. The molecule has 0 aliphatic heterocycles. The molecule has 5 saturated carbocycles. The van der Waals surface area contributed by atoms with Crippen molar-refractivity contribution in [1.29, 1.82) is 0 Å². The number of benzene rings is 1. The van der Waals surface area contributed by atoms with E-state index in [1.807, 2.05) is 6.07 Å². The van der Waals surface area contributed by atoms with Crippen molar-refractivity contribution in [3.8, 4) is 0 Å². The Kier molecular flexibility index (Phi) is 5.08. The Balaban J connectivity index is 1.06. The van der Waals surface area contributed by atoms with Gasteiger partial charge in [-0.2, -0.15) is 0 Å². The molecule has 6 rings (SSSR count). The zero-order valence-corrected chi connectivity index (χ0v) is 16.9. The number of amides is 2. The summed E-state index contributed by atoms with van der Waals surface area (Å²) in [6.45, 7) is 0.691. The first kappa shape index (κ1) is 18.5. The zero-order valence-electron chi connectivity index (χ0n) is 16.9. The minimum atomic E-state index is 0.0793. The summed E-state index contributed by atoms with van der Waals surface area (Å²) in [4.78, 5) is 12.7. The number of carbonyl (C=O) groups is 1. The van der Waals surface area contributed by atoms with Crippen LogP contribution in [0.4, 0.5) is 4.79 Å². The molecule has 0 heterocycles. The van der Waals surface area contributed by atoms with Gasteiger partial charge in [0.1, 0.15) is 0 Å². The molecule has 0 spiro atoms. The molecule has 2 N–H and O–H groups in total. The van der Waals surface area contributed by atoms with Gasteiger partial charge in [0.2, 0.25) is 0 Å². The highest BCUT2D eigenvalue weighted by Crippen LogP contribution is 2.55. The highest BCUT2D eigenvalue weighted by Gasteiger charge is 2.51. The minimum absolute atomic E-state index is 0.0793. The smallest absolute Gasteiger partial charge is 0.315 e. The van der Waals surface area contributed by atoms with E-state index in [1.165, 1.54) is 44.1 Å². The van der Waals surface area contributed by atoms with E-state index in [9.17, 15) is 4.79 Å². The van der Waals surface area contributed by atoms with Crippen molar-refractivity contribution in [3.05, 3.63) is 35.9 Å². The topological polar surface area (TPSA) is 50.4 Å². The van der Waals surface area contributed by atoms with Gasteiger partial charge < -0.3 is 15.4 Å². The maximum Gasteiger partial charge on any atom is 0.315 e. The van der Waals surface area contributed by atoms with Crippen LogP contribution in [0, 0.1) is 17.8 Å². The van der Waals surface area contributed by atoms with Gasteiger partial charge in [0.25, 0.3) is 0 Å². The highest BCUT2D eigenvalue weighted by atomic mass is 16.5. The molecule has 0 radical (unpaired) electrons. The Hall–Kier alpha value is -1.55. The Bertz CT molecular complexity index is 646. The molecule has 0 unspecified atom stereocenters. The van der Waals surface area contributed by atoms with Crippen LogP contribution in [0.3, 0.4) is 0 Å². The number of urea groups is 1. The molecule has 4 bridgehead atoms. The predicted octanol–water partition coefficient (Wildman–Crippen LogP) is 4.78. The molecule has 2 amide bonds. The van der Waals surface area contributed by atoms with Gasteiger partial charge in [0, 0.05) is 11.6 Å². The lowest BCUT2D eigenvalue weighted by Crippen LogP contribution is -2.62. The van der Waals surface area contributed by atoms with Gasteiger partial charge in [-0.1, -0.05) is 30.3 Å². The van der Waals surface area contributed by atoms with Gasteiger partial charge in [-0.15, -0.1) is 0 Å². The van der Waals surface area contributed by atoms with Crippen LogP contribution < -0.4 is 10.6 Å². The van der Waals surface area contributed by atoms with Crippen molar-refractivity contribution in [1.82, 2.24) is 10.6 Å². The summed E-state index contributed by atoms with van der Waals surface area (Å²) in [5.74, 6) is 2.59. The third-order valence-corrected chi connectivity index (χ3v) is 7.75. The van der Waals surface area contributed by atoms with Gasteiger partial charge in [-0.25, -0.2) is 4.79 Å². The number of carbonyl (C=O) groups excluding carboxylic acids is 1. The fourth-order valence-electron chi connectivity index (χ4n) is 6.89. The van der Waals surface area contributed by atoms with E-state index in [2.05, 4.69) is 34.9 Å². The van der Waals surface area contributed by atoms with Crippen LogP contribution in [0.5, 0.6) is 0 Å². The number of hydrogen-bond donors (Lipinski definition) is 2. The van der Waals surface area contributed by atoms with Gasteiger partial charge in [-0.3, -0.25) is 0 Å². The summed E-state index contributed by atoms with van der Waals surface area (Å²) in [5.41, 5.74) is 1.34. The zero-order chi connectivity index (χ0) is 19.0. The lowest BCUT2D eigenvalue weighted by Gasteiger charge is -2.56. The number of ether oxygens (including phenoxy) is 1. The van der Waals surface area contributed by atoms with Crippen LogP contribution >= 0.6 is 0 Å². The van der Waals surface area contributed by atoms with Crippen molar-refractivity contribution in [2.75, 3.05) is 0 Å². The second kappa shape index (κ2) is 7.70. The van der Waals surface area contributed by atoms with Crippen LogP contribution in [0.25, 0.3) is 0 Å². The van der Waals surface area contributed by atoms with E-state index >= 15 is 0 Å². The summed E-state index contributed by atoms with van der Waals surface area (Å²) in [6, 6.07) is 10.8. The van der Waals surface area contributed by atoms with Crippen molar-refractivity contribution in [3.63, 3.8) is 0 Å². The van der Waals surface area contributed by atoms with Crippen molar-refractivity contribution in [2.24, 2.45) is 17.8 Å². The third kappa shape index (κ3) is 4.07. The largest absolute Gasteiger partial charge is 0.374 e. The molecule has 1 aromatic rings. The van der Waals surface area contributed by atoms with Gasteiger partial charge in [0.05, 0.1) is 12.7 Å². The molecular weight excluding hydrogens is 348 g/mol. The summed E-state index contributed by atoms with van der Waals surface area (Å²) >= 11 is 0. The molecule has 0 saturated heterocycles. The summed E-state index contributed by atoms with van der Waals surface area (Å²) in [5, 5.41) is 6.73. The van der Waals surface area contributed by atoms with Gasteiger partial charge in [-0.05, 0) is 87.5 Å². The number of rotatable bonds is 5. The Morgan fingerprint density at radius 3 is 2.14 bits per heavy atom. The highest BCUT2D eigenvalue weighted by molar-refractivity contribution is 5.75. The van der Waals surface area contributed by atoms with Crippen LogP contribution in [-0.2, 0) is 11.3 Å². The van der Waals surface area contributed by atoms with E-state index in [-0.39, 0.29) is 11.6 Å². The maximum atomic E-state index is 12.7. The van der Waals surface area contributed by atoms with E-state index in [4.69, 9.17) is 4.74 Å². The third-order valence-electron chi connectivity index (χ3n) is 7.75.